The molecule has 14 heavy (non-hydrogen) atoms. The molecular formula is C9H11N3O2. The second kappa shape index (κ2) is 3.53. The summed E-state index contributed by atoms with van der Waals surface area (Å²) in [5.74, 6) is 0.932. The Kier molecular flexibility index (Phi) is 2.22. The quantitative estimate of drug-likeness (QED) is 0.652. The monoisotopic (exact) mass is 193 g/mol. The fourth-order valence-electron chi connectivity index (χ4n) is 1.58. The van der Waals surface area contributed by atoms with E-state index in [2.05, 4.69) is 10.5 Å². The maximum Gasteiger partial charge on any atom is 0.332 e. The van der Waals surface area contributed by atoms with Crippen molar-refractivity contribution in [3.8, 4) is 0 Å². The third-order valence-electron chi connectivity index (χ3n) is 2.17. The number of rotatable bonds is 1. The van der Waals surface area contributed by atoms with Crippen molar-refractivity contribution in [3.05, 3.63) is 23.7 Å². The first-order valence-corrected chi connectivity index (χ1v) is 4.46. The minimum atomic E-state index is -0.645. The molecule has 2 amide bonds. The number of nitrogens with zero attached hydrogens (tertiary/aromatic N) is 1. The highest BCUT2D eigenvalue weighted by Crippen LogP contribution is 2.22. The molecule has 0 saturated heterocycles. The number of hydrazone groups is 1. The number of aryl methyl sites for hydroxylation is 1. The number of furan rings is 1. The van der Waals surface area contributed by atoms with E-state index in [1.807, 2.05) is 6.07 Å². The smallest absolute Gasteiger partial charge is 0.332 e. The van der Waals surface area contributed by atoms with Crippen molar-refractivity contribution >= 4 is 11.7 Å². The number of fused-ring (bicyclic) bond motifs is 1. The molecule has 0 aliphatic heterocycles. The van der Waals surface area contributed by atoms with Gasteiger partial charge >= 0.3 is 6.03 Å². The molecule has 5 heteroatoms. The molecule has 1 heterocycles. The van der Waals surface area contributed by atoms with Gasteiger partial charge in [0.1, 0.15) is 5.76 Å². The molecule has 1 aromatic heterocycles. The van der Waals surface area contributed by atoms with Gasteiger partial charge in [-0.3, -0.25) is 0 Å². The Hall–Kier alpha value is -1.78. The van der Waals surface area contributed by atoms with Crippen molar-refractivity contribution in [2.75, 3.05) is 0 Å². The Morgan fingerprint density at radius 3 is 3.21 bits per heavy atom. The van der Waals surface area contributed by atoms with Crippen LogP contribution in [0.4, 0.5) is 4.79 Å². The molecule has 0 fully saturated rings. The fourth-order valence-corrected chi connectivity index (χ4v) is 1.58. The van der Waals surface area contributed by atoms with Gasteiger partial charge in [-0.1, -0.05) is 0 Å². The highest BCUT2D eigenvalue weighted by molar-refractivity contribution is 6.02. The van der Waals surface area contributed by atoms with Gasteiger partial charge in [-0.2, -0.15) is 5.10 Å². The Labute approximate surface area is 81.0 Å². The number of carbonyl (C=O) groups is 1. The molecular weight excluding hydrogens is 182 g/mol. The molecule has 5 nitrogen and oxygen atoms in total. The molecule has 3 N–H and O–H groups in total. The van der Waals surface area contributed by atoms with Gasteiger partial charge in [0.2, 0.25) is 0 Å². The Morgan fingerprint density at radius 1 is 1.57 bits per heavy atom. The predicted molar refractivity (Wildman–Crippen MR) is 50.9 cm³/mol. The third kappa shape index (κ3) is 1.61. The number of nitrogens with two attached hydrogens (primary N) is 1. The van der Waals surface area contributed by atoms with E-state index in [-0.39, 0.29) is 0 Å². The van der Waals surface area contributed by atoms with Crippen LogP contribution in [0.25, 0.3) is 0 Å². The van der Waals surface area contributed by atoms with Gasteiger partial charge in [-0.25, -0.2) is 10.2 Å². The summed E-state index contributed by atoms with van der Waals surface area (Å²) in [7, 11) is 0. The molecule has 0 aromatic carbocycles. The van der Waals surface area contributed by atoms with Crippen LogP contribution in [0.15, 0.2) is 21.8 Å². The lowest BCUT2D eigenvalue weighted by Gasteiger charge is -2.11. The Balaban J connectivity index is 2.23. The first-order chi connectivity index (χ1) is 6.77. The van der Waals surface area contributed by atoms with E-state index in [4.69, 9.17) is 10.2 Å². The highest BCUT2D eigenvalue weighted by Gasteiger charge is 2.18. The summed E-state index contributed by atoms with van der Waals surface area (Å²) < 4.78 is 5.27. The molecule has 1 aliphatic carbocycles. The third-order valence-corrected chi connectivity index (χ3v) is 2.17. The molecule has 0 atom stereocenters. The molecule has 2 rings (SSSR count). The number of carbonyl (C=O) groups excluding carboxylic acids is 1. The topological polar surface area (TPSA) is 80.6 Å². The SMILES string of the molecule is NC(=O)N/N=C1/CCCc2occc21. The van der Waals surface area contributed by atoms with Crippen molar-refractivity contribution in [3.63, 3.8) is 0 Å². The summed E-state index contributed by atoms with van der Waals surface area (Å²) in [6.07, 6.45) is 4.39. The van der Waals surface area contributed by atoms with Crippen LogP contribution < -0.4 is 11.2 Å². The number of nitrogens with one attached hydrogen (secondary N) is 1. The van der Waals surface area contributed by atoms with Crippen LogP contribution in [-0.4, -0.2) is 11.7 Å². The predicted octanol–water partition coefficient (Wildman–Crippen LogP) is 0.988. The average molecular weight is 193 g/mol. The molecule has 1 aromatic rings. The van der Waals surface area contributed by atoms with Crippen LogP contribution in [0, 0.1) is 0 Å². The molecule has 0 saturated carbocycles. The van der Waals surface area contributed by atoms with Crippen molar-refractivity contribution in [2.45, 2.75) is 19.3 Å². The van der Waals surface area contributed by atoms with Crippen LogP contribution in [-0.2, 0) is 6.42 Å². The van der Waals surface area contributed by atoms with E-state index in [1.54, 1.807) is 6.26 Å². The molecule has 0 bridgehead atoms. The maximum absolute atomic E-state index is 10.5. The zero-order valence-electron chi connectivity index (χ0n) is 7.62. The fraction of sp³-hybridized carbons (Fsp3) is 0.333. The van der Waals surface area contributed by atoms with Crippen LogP contribution in [0.3, 0.4) is 0 Å². The lowest BCUT2D eigenvalue weighted by molar-refractivity contribution is 0.249. The lowest BCUT2D eigenvalue weighted by atomic mass is 9.97. The van der Waals surface area contributed by atoms with Crippen molar-refractivity contribution < 1.29 is 9.21 Å². The summed E-state index contributed by atoms with van der Waals surface area (Å²) in [6.45, 7) is 0. The normalized spacial score (nSPS) is 17.9. The molecule has 1 aliphatic rings. The van der Waals surface area contributed by atoms with Gasteiger partial charge in [0, 0.05) is 12.0 Å². The van der Waals surface area contributed by atoms with Gasteiger partial charge in [0.25, 0.3) is 0 Å². The largest absolute Gasteiger partial charge is 0.469 e. The first kappa shape index (κ1) is 8.80. The minimum Gasteiger partial charge on any atom is -0.469 e. The summed E-state index contributed by atoms with van der Waals surface area (Å²) in [5.41, 5.74) is 8.96. The Morgan fingerprint density at radius 2 is 2.43 bits per heavy atom. The molecule has 0 radical (unpaired) electrons. The minimum absolute atomic E-state index is 0.645. The molecule has 74 valence electrons. The molecule has 0 spiro atoms. The van der Waals surface area contributed by atoms with Crippen molar-refractivity contribution in [1.29, 1.82) is 0 Å². The van der Waals surface area contributed by atoms with Crippen LogP contribution >= 0.6 is 0 Å². The number of hydrogen-bond acceptors (Lipinski definition) is 3. The van der Waals surface area contributed by atoms with E-state index in [0.717, 1.165) is 36.3 Å². The van der Waals surface area contributed by atoms with Gasteiger partial charge in [0.15, 0.2) is 0 Å². The maximum atomic E-state index is 10.5. The van der Waals surface area contributed by atoms with Crippen LogP contribution in [0.1, 0.15) is 24.2 Å². The van der Waals surface area contributed by atoms with Gasteiger partial charge in [-0.15, -0.1) is 0 Å². The van der Waals surface area contributed by atoms with E-state index >= 15 is 0 Å². The van der Waals surface area contributed by atoms with Crippen molar-refractivity contribution in [2.24, 2.45) is 10.8 Å². The zero-order valence-corrected chi connectivity index (χ0v) is 7.62. The van der Waals surface area contributed by atoms with Gasteiger partial charge in [-0.05, 0) is 18.9 Å². The first-order valence-electron chi connectivity index (χ1n) is 4.46. The van der Waals surface area contributed by atoms with E-state index in [1.165, 1.54) is 0 Å². The second-order valence-electron chi connectivity index (χ2n) is 3.15. The van der Waals surface area contributed by atoms with Crippen LogP contribution in [0.2, 0.25) is 0 Å². The summed E-state index contributed by atoms with van der Waals surface area (Å²) >= 11 is 0. The molecule has 0 unspecified atom stereocenters. The summed E-state index contributed by atoms with van der Waals surface area (Å²) in [6, 6.07) is 1.21. The number of urea groups is 1. The number of amides is 2. The standard InChI is InChI=1S/C9H11N3O2/c10-9(13)12-11-7-2-1-3-8-6(7)4-5-14-8/h4-5H,1-3H2,(H3,10,12,13)/b11-7-. The lowest BCUT2D eigenvalue weighted by Crippen LogP contribution is -2.26. The van der Waals surface area contributed by atoms with Gasteiger partial charge in [0.05, 0.1) is 12.0 Å². The van der Waals surface area contributed by atoms with E-state index < -0.39 is 6.03 Å². The van der Waals surface area contributed by atoms with Crippen molar-refractivity contribution in [1.82, 2.24) is 5.43 Å². The van der Waals surface area contributed by atoms with E-state index in [0.29, 0.717) is 0 Å². The highest BCUT2D eigenvalue weighted by atomic mass is 16.3. The number of hydrogen-bond donors (Lipinski definition) is 2. The van der Waals surface area contributed by atoms with E-state index in [9.17, 15) is 4.79 Å². The zero-order chi connectivity index (χ0) is 9.97. The summed E-state index contributed by atoms with van der Waals surface area (Å²) in [4.78, 5) is 10.5. The number of primary amides is 1. The summed E-state index contributed by atoms with van der Waals surface area (Å²) in [5, 5.41) is 3.93. The van der Waals surface area contributed by atoms with Gasteiger partial charge < -0.3 is 10.2 Å². The average Bonchev–Trinajstić information content (AvgIpc) is 2.62. The Bertz CT molecular complexity index is 381. The van der Waals surface area contributed by atoms with Crippen LogP contribution in [0.5, 0.6) is 0 Å². The second-order valence-corrected chi connectivity index (χ2v) is 3.15.